The fraction of sp³-hybridized carbons (Fsp3) is 0.533. The molecule has 0 aromatic heterocycles. The van der Waals surface area contributed by atoms with Crippen molar-refractivity contribution in [1.82, 2.24) is 10.6 Å². The van der Waals surface area contributed by atoms with E-state index in [1.807, 2.05) is 32.0 Å². The van der Waals surface area contributed by atoms with Crippen LogP contribution < -0.4 is 20.3 Å². The summed E-state index contributed by atoms with van der Waals surface area (Å²) >= 11 is 6.07. The molecule has 116 valence electrons. The summed E-state index contributed by atoms with van der Waals surface area (Å²) in [7, 11) is 1.65. The summed E-state index contributed by atoms with van der Waals surface area (Å²) in [4.78, 5) is 13.9. The van der Waals surface area contributed by atoms with Crippen LogP contribution in [0.25, 0.3) is 0 Å². The Morgan fingerprint density at radius 1 is 1.48 bits per heavy atom. The highest BCUT2D eigenvalue weighted by Gasteiger charge is 2.26. The predicted molar refractivity (Wildman–Crippen MR) is 85.4 cm³/mol. The SMILES string of the molecule is COc1ccc(Cl)cc1N1CCC(NC(=O)NC(C)C)C1. The van der Waals surface area contributed by atoms with Crippen LogP contribution in [0.1, 0.15) is 20.3 Å². The molecule has 1 aromatic carbocycles. The largest absolute Gasteiger partial charge is 0.495 e. The first-order valence-electron chi connectivity index (χ1n) is 7.15. The van der Waals surface area contributed by atoms with Crippen molar-refractivity contribution in [2.24, 2.45) is 0 Å². The maximum atomic E-state index is 11.7. The zero-order valence-corrected chi connectivity index (χ0v) is 13.4. The Kier molecular flexibility index (Phi) is 5.17. The van der Waals surface area contributed by atoms with Gasteiger partial charge >= 0.3 is 6.03 Å². The fourth-order valence-electron chi connectivity index (χ4n) is 2.50. The van der Waals surface area contributed by atoms with Gasteiger partial charge in [-0.1, -0.05) is 11.6 Å². The third-order valence-corrected chi connectivity index (χ3v) is 3.66. The third kappa shape index (κ3) is 4.17. The number of anilines is 1. The summed E-state index contributed by atoms with van der Waals surface area (Å²) in [6.07, 6.45) is 0.904. The zero-order chi connectivity index (χ0) is 15.4. The number of methoxy groups -OCH3 is 1. The molecule has 2 amide bonds. The Morgan fingerprint density at radius 2 is 2.24 bits per heavy atom. The van der Waals surface area contributed by atoms with Crippen molar-refractivity contribution in [3.63, 3.8) is 0 Å². The topological polar surface area (TPSA) is 53.6 Å². The molecule has 1 atom stereocenters. The molecule has 21 heavy (non-hydrogen) atoms. The first-order valence-corrected chi connectivity index (χ1v) is 7.53. The van der Waals surface area contributed by atoms with Crippen molar-refractivity contribution in [3.05, 3.63) is 23.2 Å². The molecule has 1 aromatic rings. The van der Waals surface area contributed by atoms with Crippen LogP contribution in [-0.4, -0.2) is 38.3 Å². The summed E-state index contributed by atoms with van der Waals surface area (Å²) in [5.74, 6) is 0.798. The van der Waals surface area contributed by atoms with E-state index < -0.39 is 0 Å². The van der Waals surface area contributed by atoms with Crippen LogP contribution in [0.2, 0.25) is 5.02 Å². The minimum Gasteiger partial charge on any atom is -0.495 e. The van der Waals surface area contributed by atoms with Crippen molar-refractivity contribution in [1.29, 1.82) is 0 Å². The molecule has 5 nitrogen and oxygen atoms in total. The van der Waals surface area contributed by atoms with Crippen molar-refractivity contribution < 1.29 is 9.53 Å². The molecule has 1 unspecified atom stereocenters. The monoisotopic (exact) mass is 311 g/mol. The first-order chi connectivity index (χ1) is 9.99. The zero-order valence-electron chi connectivity index (χ0n) is 12.6. The molecular weight excluding hydrogens is 290 g/mol. The summed E-state index contributed by atoms with van der Waals surface area (Å²) in [6, 6.07) is 5.73. The highest BCUT2D eigenvalue weighted by molar-refractivity contribution is 6.30. The Morgan fingerprint density at radius 3 is 2.90 bits per heavy atom. The lowest BCUT2D eigenvalue weighted by Crippen LogP contribution is -2.45. The molecule has 0 spiro atoms. The van der Waals surface area contributed by atoms with Crippen LogP contribution in [-0.2, 0) is 0 Å². The van der Waals surface area contributed by atoms with Crippen LogP contribution in [0.15, 0.2) is 18.2 Å². The van der Waals surface area contributed by atoms with Crippen LogP contribution in [0.4, 0.5) is 10.5 Å². The second-order valence-electron chi connectivity index (χ2n) is 5.52. The standard InChI is InChI=1S/C15H22ClN3O2/c1-10(2)17-15(20)18-12-6-7-19(9-12)13-8-11(16)4-5-14(13)21-3/h4-5,8,10,12H,6-7,9H2,1-3H3,(H2,17,18,20). The Balaban J connectivity index is 1.99. The molecule has 1 fully saturated rings. The van der Waals surface area contributed by atoms with Gasteiger partial charge in [0.15, 0.2) is 0 Å². The lowest BCUT2D eigenvalue weighted by atomic mass is 10.2. The molecule has 1 aliphatic heterocycles. The highest BCUT2D eigenvalue weighted by atomic mass is 35.5. The first kappa shape index (κ1) is 15.8. The van der Waals surface area contributed by atoms with E-state index in [9.17, 15) is 4.79 Å². The Hall–Kier alpha value is -1.62. The molecular formula is C15H22ClN3O2. The summed E-state index contributed by atoms with van der Waals surface area (Å²) in [5, 5.41) is 6.52. The number of urea groups is 1. The van der Waals surface area contributed by atoms with Gasteiger partial charge in [-0.05, 0) is 38.5 Å². The number of halogens is 1. The van der Waals surface area contributed by atoms with Crippen molar-refractivity contribution in [2.45, 2.75) is 32.4 Å². The number of carbonyl (C=O) groups is 1. The lowest BCUT2D eigenvalue weighted by Gasteiger charge is -2.22. The van der Waals surface area contributed by atoms with E-state index in [-0.39, 0.29) is 18.1 Å². The maximum absolute atomic E-state index is 11.7. The average molecular weight is 312 g/mol. The van der Waals surface area contributed by atoms with E-state index in [0.29, 0.717) is 5.02 Å². The molecule has 1 aliphatic rings. The van der Waals surface area contributed by atoms with Crippen LogP contribution in [0, 0.1) is 0 Å². The molecule has 2 N–H and O–H groups in total. The minimum absolute atomic E-state index is 0.116. The molecule has 1 saturated heterocycles. The van der Waals surface area contributed by atoms with Gasteiger partial charge in [0.1, 0.15) is 5.75 Å². The quantitative estimate of drug-likeness (QED) is 0.899. The summed E-state index contributed by atoms with van der Waals surface area (Å²) < 4.78 is 5.38. The molecule has 0 bridgehead atoms. The van der Waals surface area contributed by atoms with Crippen molar-refractivity contribution in [3.8, 4) is 5.75 Å². The van der Waals surface area contributed by atoms with Gasteiger partial charge in [0.2, 0.25) is 0 Å². The fourth-order valence-corrected chi connectivity index (χ4v) is 2.66. The van der Waals surface area contributed by atoms with Gasteiger partial charge < -0.3 is 20.3 Å². The number of benzene rings is 1. The van der Waals surface area contributed by atoms with Gasteiger partial charge in [-0.15, -0.1) is 0 Å². The van der Waals surface area contributed by atoms with E-state index in [2.05, 4.69) is 15.5 Å². The van der Waals surface area contributed by atoms with Gasteiger partial charge in [-0.2, -0.15) is 0 Å². The molecule has 0 radical (unpaired) electrons. The lowest BCUT2D eigenvalue weighted by molar-refractivity contribution is 0.235. The second-order valence-corrected chi connectivity index (χ2v) is 5.96. The van der Waals surface area contributed by atoms with Crippen LogP contribution in [0.3, 0.4) is 0 Å². The molecule has 6 heteroatoms. The number of nitrogens with one attached hydrogen (secondary N) is 2. The number of hydrogen-bond donors (Lipinski definition) is 2. The number of amides is 2. The van der Waals surface area contributed by atoms with Gasteiger partial charge in [0, 0.05) is 30.2 Å². The molecule has 0 saturated carbocycles. The van der Waals surface area contributed by atoms with Crippen molar-refractivity contribution in [2.75, 3.05) is 25.1 Å². The van der Waals surface area contributed by atoms with Gasteiger partial charge in [-0.3, -0.25) is 0 Å². The van der Waals surface area contributed by atoms with Gasteiger partial charge in [-0.25, -0.2) is 4.79 Å². The second kappa shape index (κ2) is 6.89. The minimum atomic E-state index is -0.116. The smallest absolute Gasteiger partial charge is 0.315 e. The van der Waals surface area contributed by atoms with Gasteiger partial charge in [0.25, 0.3) is 0 Å². The number of carbonyl (C=O) groups excluding carboxylic acids is 1. The number of rotatable bonds is 4. The van der Waals surface area contributed by atoms with E-state index in [1.165, 1.54) is 0 Å². The van der Waals surface area contributed by atoms with E-state index >= 15 is 0 Å². The predicted octanol–water partition coefficient (Wildman–Crippen LogP) is 2.63. The van der Waals surface area contributed by atoms with E-state index in [1.54, 1.807) is 7.11 Å². The Labute approximate surface area is 130 Å². The highest BCUT2D eigenvalue weighted by Crippen LogP contribution is 2.33. The van der Waals surface area contributed by atoms with Gasteiger partial charge in [0.05, 0.1) is 12.8 Å². The number of hydrogen-bond acceptors (Lipinski definition) is 3. The number of ether oxygens (including phenoxy) is 1. The van der Waals surface area contributed by atoms with Crippen LogP contribution in [0.5, 0.6) is 5.75 Å². The van der Waals surface area contributed by atoms with Crippen LogP contribution >= 0.6 is 11.6 Å². The Bertz CT molecular complexity index is 508. The van der Waals surface area contributed by atoms with E-state index in [0.717, 1.165) is 30.9 Å². The normalized spacial score (nSPS) is 18.0. The molecule has 0 aliphatic carbocycles. The molecule has 2 rings (SSSR count). The number of nitrogens with zero attached hydrogens (tertiary/aromatic N) is 1. The average Bonchev–Trinajstić information content (AvgIpc) is 2.85. The molecule has 1 heterocycles. The summed E-state index contributed by atoms with van der Waals surface area (Å²) in [5.41, 5.74) is 0.971. The van der Waals surface area contributed by atoms with Crippen molar-refractivity contribution >= 4 is 23.3 Å². The third-order valence-electron chi connectivity index (χ3n) is 3.42. The summed E-state index contributed by atoms with van der Waals surface area (Å²) in [6.45, 7) is 5.50. The maximum Gasteiger partial charge on any atom is 0.315 e. The van der Waals surface area contributed by atoms with E-state index in [4.69, 9.17) is 16.3 Å².